The van der Waals surface area contributed by atoms with Gasteiger partial charge in [-0.1, -0.05) is 37.1 Å². The number of ether oxygens (including phenoxy) is 2. The van der Waals surface area contributed by atoms with Gasteiger partial charge in [0.15, 0.2) is 5.75 Å². The molecule has 0 unspecified atom stereocenters. The summed E-state index contributed by atoms with van der Waals surface area (Å²) in [5.74, 6) is 1.33. The summed E-state index contributed by atoms with van der Waals surface area (Å²) in [6.07, 6.45) is 7.13. The van der Waals surface area contributed by atoms with Crippen molar-refractivity contribution in [2.24, 2.45) is 5.92 Å². The second-order valence-electron chi connectivity index (χ2n) is 11.5. The first kappa shape index (κ1) is 30.4. The highest BCUT2D eigenvalue weighted by Gasteiger charge is 2.31. The monoisotopic (exact) mass is 628 g/mol. The molecule has 6 rings (SSSR count). The lowest BCUT2D eigenvalue weighted by atomic mass is 10.00. The van der Waals surface area contributed by atoms with E-state index in [0.717, 1.165) is 23.1 Å². The minimum Gasteiger partial charge on any atom is -0.491 e. The largest absolute Gasteiger partial charge is 0.491 e. The number of benzene rings is 2. The number of carbonyl (C=O) groups excluding carboxylic acids is 1. The molecule has 1 fully saturated rings. The molecule has 3 heterocycles. The van der Waals surface area contributed by atoms with Crippen LogP contribution in [0.15, 0.2) is 65.8 Å². The number of carbonyl (C=O) groups is 1. The number of aromatic nitrogens is 4. The van der Waals surface area contributed by atoms with Gasteiger partial charge in [0, 0.05) is 17.2 Å². The third-order valence-electron chi connectivity index (χ3n) is 8.09. The molecule has 0 saturated heterocycles. The molecule has 0 spiro atoms. The molecule has 1 atom stereocenters. The first-order chi connectivity index (χ1) is 21.7. The Morgan fingerprint density at radius 1 is 1.00 bits per heavy atom. The van der Waals surface area contributed by atoms with Crippen LogP contribution in [0.25, 0.3) is 11.3 Å². The topological polar surface area (TPSA) is 136 Å². The van der Waals surface area contributed by atoms with Crippen LogP contribution in [0, 0.1) is 19.8 Å². The molecule has 234 valence electrons. The number of hydrogen-bond donors (Lipinski definition) is 1. The van der Waals surface area contributed by atoms with Gasteiger partial charge in [0.05, 0.1) is 42.2 Å². The predicted octanol–water partition coefficient (Wildman–Crippen LogP) is 5.34. The Hall–Kier alpha value is -4.58. The normalized spacial score (nSPS) is 17.7. The Labute approximate surface area is 263 Å². The first-order valence-electron chi connectivity index (χ1n) is 15.2. The Morgan fingerprint density at radius 3 is 2.44 bits per heavy atom. The van der Waals surface area contributed by atoms with Gasteiger partial charge in [0.25, 0.3) is 15.9 Å². The number of anilines is 1. The van der Waals surface area contributed by atoms with Crippen molar-refractivity contribution in [3.63, 3.8) is 0 Å². The molecule has 2 aromatic heterocycles. The lowest BCUT2D eigenvalue weighted by molar-refractivity contribution is 0.0560. The van der Waals surface area contributed by atoms with E-state index in [0.29, 0.717) is 36.2 Å². The van der Waals surface area contributed by atoms with Crippen LogP contribution >= 0.6 is 0 Å². The number of amides is 1. The fraction of sp³-hybridized carbons (Fsp3) is 0.364. The van der Waals surface area contributed by atoms with Gasteiger partial charge in [-0.3, -0.25) is 4.79 Å². The third kappa shape index (κ3) is 7.06. The van der Waals surface area contributed by atoms with E-state index in [2.05, 4.69) is 24.7 Å². The number of hydrogen-bond acceptors (Lipinski definition) is 9. The second kappa shape index (κ2) is 12.8. The lowest BCUT2D eigenvalue weighted by Gasteiger charge is -2.31. The highest BCUT2D eigenvalue weighted by atomic mass is 32.2. The Morgan fingerprint density at radius 2 is 1.73 bits per heavy atom. The van der Waals surface area contributed by atoms with Gasteiger partial charge in [0.2, 0.25) is 11.8 Å². The fourth-order valence-electron chi connectivity index (χ4n) is 5.56. The van der Waals surface area contributed by atoms with Crippen LogP contribution in [0.4, 0.5) is 5.95 Å². The Balaban J connectivity index is 1.45. The van der Waals surface area contributed by atoms with Crippen LogP contribution < -0.4 is 14.2 Å². The molecule has 0 radical (unpaired) electrons. The molecular formula is C33H36N6O5S. The SMILES string of the molecule is CCOc1cnc(CN2C(=O)c3cccc(c3)S(=O)(=O)Nc3nc(cc(-c4c(C)cccc4C)n3)OC[C@H]2CCC2CC2)nc1. The number of aryl methyl sites for hydroxylation is 2. The summed E-state index contributed by atoms with van der Waals surface area (Å²) in [6, 6.07) is 13.2. The van der Waals surface area contributed by atoms with Crippen LogP contribution in [0.2, 0.25) is 0 Å². The van der Waals surface area contributed by atoms with Gasteiger partial charge in [-0.25, -0.2) is 28.1 Å². The number of nitrogens with one attached hydrogen (secondary N) is 1. The van der Waals surface area contributed by atoms with E-state index >= 15 is 0 Å². The smallest absolute Gasteiger partial charge is 0.264 e. The molecule has 12 heteroatoms. The number of rotatable bonds is 8. The summed E-state index contributed by atoms with van der Waals surface area (Å²) in [7, 11) is -4.15. The van der Waals surface area contributed by atoms with E-state index in [-0.39, 0.29) is 47.4 Å². The maximum atomic E-state index is 14.2. The van der Waals surface area contributed by atoms with Crippen molar-refractivity contribution in [1.29, 1.82) is 0 Å². The van der Waals surface area contributed by atoms with E-state index in [1.807, 2.05) is 39.0 Å². The maximum absolute atomic E-state index is 14.2. The van der Waals surface area contributed by atoms with E-state index < -0.39 is 10.0 Å². The molecule has 1 amide bonds. The summed E-state index contributed by atoms with van der Waals surface area (Å²) in [4.78, 5) is 33.8. The molecule has 4 bridgehead atoms. The van der Waals surface area contributed by atoms with E-state index in [1.165, 1.54) is 25.0 Å². The van der Waals surface area contributed by atoms with E-state index in [4.69, 9.17) is 9.47 Å². The molecule has 11 nitrogen and oxygen atoms in total. The van der Waals surface area contributed by atoms with Crippen molar-refractivity contribution in [3.05, 3.63) is 83.4 Å². The Kier molecular flexibility index (Phi) is 8.66. The van der Waals surface area contributed by atoms with Crippen molar-refractivity contribution in [3.8, 4) is 22.9 Å². The van der Waals surface area contributed by atoms with E-state index in [9.17, 15) is 13.2 Å². The van der Waals surface area contributed by atoms with Crippen molar-refractivity contribution >= 4 is 21.9 Å². The van der Waals surface area contributed by atoms with Crippen LogP contribution in [0.5, 0.6) is 11.6 Å². The highest BCUT2D eigenvalue weighted by molar-refractivity contribution is 7.92. The number of sulfonamides is 1. The lowest BCUT2D eigenvalue weighted by Crippen LogP contribution is -2.44. The van der Waals surface area contributed by atoms with E-state index in [1.54, 1.807) is 35.5 Å². The van der Waals surface area contributed by atoms with Gasteiger partial charge in [-0.05, 0) is 68.9 Å². The second-order valence-corrected chi connectivity index (χ2v) is 13.2. The fourth-order valence-corrected chi connectivity index (χ4v) is 6.55. The molecule has 1 N–H and O–H groups in total. The average molecular weight is 629 g/mol. The standard InChI is InChI=1S/C33H36N6O5S/c1-4-43-26-17-34-29(35-18-26)19-39-25(14-13-23-11-12-23)20-44-30-16-28(31-21(2)7-5-8-22(31)3)36-33(37-30)38-45(41,42)27-10-6-9-24(15-27)32(39)40/h5-10,15-18,23,25H,4,11-14,19-20H2,1-3H3,(H,36,37,38)/t25-/m1/s1. The zero-order valence-electron chi connectivity index (χ0n) is 25.6. The molecule has 2 aromatic carbocycles. The molecule has 1 aliphatic carbocycles. The van der Waals surface area contributed by atoms with Gasteiger partial charge in [-0.2, -0.15) is 4.98 Å². The van der Waals surface area contributed by atoms with Crippen LogP contribution in [-0.2, 0) is 16.6 Å². The summed E-state index contributed by atoms with van der Waals surface area (Å²) >= 11 is 0. The third-order valence-corrected chi connectivity index (χ3v) is 9.42. The summed E-state index contributed by atoms with van der Waals surface area (Å²) in [5.41, 5.74) is 3.58. The van der Waals surface area contributed by atoms with Gasteiger partial charge in [-0.15, -0.1) is 0 Å². The number of fused-ring (bicyclic) bond motifs is 4. The highest BCUT2D eigenvalue weighted by Crippen LogP contribution is 2.35. The summed E-state index contributed by atoms with van der Waals surface area (Å²) in [6.45, 7) is 6.54. The van der Waals surface area contributed by atoms with Gasteiger partial charge in [0.1, 0.15) is 12.4 Å². The molecule has 45 heavy (non-hydrogen) atoms. The van der Waals surface area contributed by atoms with Gasteiger partial charge < -0.3 is 14.4 Å². The minimum atomic E-state index is -4.15. The van der Waals surface area contributed by atoms with Crippen LogP contribution in [0.1, 0.15) is 59.9 Å². The molecule has 4 aromatic rings. The van der Waals surface area contributed by atoms with Crippen LogP contribution in [-0.4, -0.2) is 58.4 Å². The summed E-state index contributed by atoms with van der Waals surface area (Å²) in [5, 5.41) is 0. The van der Waals surface area contributed by atoms with Gasteiger partial charge >= 0.3 is 0 Å². The summed E-state index contributed by atoms with van der Waals surface area (Å²) < 4.78 is 41.5. The van der Waals surface area contributed by atoms with Crippen molar-refractivity contribution in [2.45, 2.75) is 63.9 Å². The maximum Gasteiger partial charge on any atom is 0.264 e. The minimum absolute atomic E-state index is 0.0806. The molecule has 1 saturated carbocycles. The predicted molar refractivity (Wildman–Crippen MR) is 169 cm³/mol. The first-order valence-corrected chi connectivity index (χ1v) is 16.6. The van der Waals surface area contributed by atoms with Crippen molar-refractivity contribution < 1.29 is 22.7 Å². The zero-order chi connectivity index (χ0) is 31.6. The molecular weight excluding hydrogens is 592 g/mol. The van der Waals surface area contributed by atoms with Crippen molar-refractivity contribution in [2.75, 3.05) is 17.9 Å². The molecule has 1 aliphatic heterocycles. The average Bonchev–Trinajstić information content (AvgIpc) is 3.85. The zero-order valence-corrected chi connectivity index (χ0v) is 26.4. The Bertz CT molecular complexity index is 1790. The van der Waals surface area contributed by atoms with Crippen molar-refractivity contribution in [1.82, 2.24) is 24.8 Å². The van der Waals surface area contributed by atoms with Crippen LogP contribution in [0.3, 0.4) is 0 Å². The number of nitrogens with zero attached hydrogens (tertiary/aromatic N) is 5. The molecule has 2 aliphatic rings. The quantitative estimate of drug-likeness (QED) is 0.274.